The summed E-state index contributed by atoms with van der Waals surface area (Å²) in [5.74, 6) is -5.40. The number of carbonyl (C=O) groups excluding carboxylic acids is 4. The van der Waals surface area contributed by atoms with E-state index >= 15 is 0 Å². The maximum Gasteiger partial charge on any atom is 0.491 e. The first-order valence-electron chi connectivity index (χ1n) is 14.2. The van der Waals surface area contributed by atoms with Gasteiger partial charge in [0.1, 0.15) is 6.54 Å². The van der Waals surface area contributed by atoms with E-state index in [0.29, 0.717) is 29.9 Å². The first-order chi connectivity index (χ1) is 21.5. The standard InChI is InChI=1S/C32H32F3N5O5/c33-32(34,35)30(44)45-28(42)19-26(22-11-5-1-6-12-22)39-20-27(41)40(23-13-7-2-8-14-23)25-16-15-21(18-24(25)29(39)43)10-4-3-9-17-38-31(36)37/h1-2,5-8,11-16,18,26H,3-4,9-10,17,19-20H2,(H4,36,37,38). The molecule has 4 rings (SSSR count). The molecule has 0 spiro atoms. The molecule has 10 nitrogen and oxygen atoms in total. The Morgan fingerprint density at radius 1 is 0.956 bits per heavy atom. The van der Waals surface area contributed by atoms with Gasteiger partial charge in [-0.15, -0.1) is 0 Å². The van der Waals surface area contributed by atoms with Crippen LogP contribution in [0.3, 0.4) is 0 Å². The molecule has 1 unspecified atom stereocenters. The van der Waals surface area contributed by atoms with Crippen molar-refractivity contribution in [2.45, 2.75) is 44.3 Å². The molecule has 0 radical (unpaired) electrons. The van der Waals surface area contributed by atoms with Crippen molar-refractivity contribution in [3.05, 3.63) is 95.6 Å². The van der Waals surface area contributed by atoms with Crippen molar-refractivity contribution in [3.63, 3.8) is 0 Å². The number of benzene rings is 3. The van der Waals surface area contributed by atoms with E-state index in [2.05, 4.69) is 10.1 Å². The molecule has 0 aliphatic carbocycles. The number of esters is 2. The number of rotatable bonds is 11. The van der Waals surface area contributed by atoms with Gasteiger partial charge in [-0.25, -0.2) is 4.79 Å². The molecule has 0 fully saturated rings. The minimum atomic E-state index is -5.39. The molecule has 2 amide bonds. The van der Waals surface area contributed by atoms with Crippen molar-refractivity contribution >= 4 is 41.1 Å². The van der Waals surface area contributed by atoms with Crippen LogP contribution in [-0.4, -0.2) is 53.9 Å². The van der Waals surface area contributed by atoms with Crippen LogP contribution in [0.2, 0.25) is 0 Å². The quantitative estimate of drug-likeness (QED) is 0.0918. The van der Waals surface area contributed by atoms with Crippen molar-refractivity contribution in [1.29, 1.82) is 5.41 Å². The van der Waals surface area contributed by atoms with Gasteiger partial charge in [-0.3, -0.25) is 24.7 Å². The molecule has 0 saturated heterocycles. The van der Waals surface area contributed by atoms with Crippen LogP contribution in [0.4, 0.5) is 24.5 Å². The van der Waals surface area contributed by atoms with E-state index in [4.69, 9.17) is 11.1 Å². The van der Waals surface area contributed by atoms with Gasteiger partial charge in [0.25, 0.3) is 11.8 Å². The third-order valence-corrected chi connectivity index (χ3v) is 7.18. The van der Waals surface area contributed by atoms with Crippen molar-refractivity contribution < 1.29 is 37.1 Å². The van der Waals surface area contributed by atoms with Gasteiger partial charge in [0, 0.05) is 12.2 Å². The molecule has 0 aromatic heterocycles. The lowest BCUT2D eigenvalue weighted by Gasteiger charge is -2.30. The molecular weight excluding hydrogens is 591 g/mol. The zero-order valence-corrected chi connectivity index (χ0v) is 24.2. The highest BCUT2D eigenvalue weighted by Crippen LogP contribution is 2.37. The number of carbonyl (C=O) groups is 4. The number of aryl methyl sites for hydroxylation is 1. The van der Waals surface area contributed by atoms with Crippen molar-refractivity contribution in [1.82, 2.24) is 10.2 Å². The van der Waals surface area contributed by atoms with E-state index in [0.717, 1.165) is 29.7 Å². The van der Waals surface area contributed by atoms with Gasteiger partial charge < -0.3 is 20.7 Å². The minimum Gasteiger partial charge on any atom is -0.386 e. The van der Waals surface area contributed by atoms with Crippen molar-refractivity contribution in [3.8, 4) is 0 Å². The van der Waals surface area contributed by atoms with E-state index in [9.17, 15) is 32.3 Å². The Hall–Kier alpha value is -5.20. The van der Waals surface area contributed by atoms with E-state index in [1.807, 2.05) is 6.07 Å². The zero-order chi connectivity index (χ0) is 32.6. The molecule has 4 N–H and O–H groups in total. The van der Waals surface area contributed by atoms with Crippen LogP contribution in [0.5, 0.6) is 0 Å². The minimum absolute atomic E-state index is 0.102. The number of guanidine groups is 1. The highest BCUT2D eigenvalue weighted by atomic mass is 19.4. The summed E-state index contributed by atoms with van der Waals surface area (Å²) in [4.78, 5) is 54.7. The van der Waals surface area contributed by atoms with Gasteiger partial charge >= 0.3 is 18.1 Å². The van der Waals surface area contributed by atoms with E-state index < -0.39 is 48.9 Å². The summed E-state index contributed by atoms with van der Waals surface area (Å²) in [5.41, 5.74) is 7.46. The number of nitrogens with two attached hydrogens (primary N) is 1. The fraction of sp³-hybridized carbons (Fsp3) is 0.281. The summed E-state index contributed by atoms with van der Waals surface area (Å²) in [5, 5.41) is 9.99. The van der Waals surface area contributed by atoms with Gasteiger partial charge in [0.05, 0.1) is 23.7 Å². The van der Waals surface area contributed by atoms with Crippen LogP contribution in [-0.2, 0) is 25.5 Å². The van der Waals surface area contributed by atoms with Gasteiger partial charge in [-0.1, -0.05) is 61.0 Å². The number of amides is 2. The third-order valence-electron chi connectivity index (χ3n) is 7.18. The van der Waals surface area contributed by atoms with Gasteiger partial charge in [0.15, 0.2) is 5.96 Å². The topological polar surface area (TPSA) is 146 Å². The average Bonchev–Trinajstić information content (AvgIpc) is 3.11. The molecule has 13 heteroatoms. The number of fused-ring (bicyclic) bond motifs is 1. The molecule has 3 aromatic carbocycles. The number of nitrogens with one attached hydrogen (secondary N) is 2. The number of nitrogens with zero attached hydrogens (tertiary/aromatic N) is 2. The van der Waals surface area contributed by atoms with E-state index in [1.165, 1.54) is 4.90 Å². The largest absolute Gasteiger partial charge is 0.491 e. The summed E-state index contributed by atoms with van der Waals surface area (Å²) < 4.78 is 42.5. The molecule has 1 aliphatic rings. The zero-order valence-electron chi connectivity index (χ0n) is 24.2. The first kappa shape index (κ1) is 32.7. The summed E-state index contributed by atoms with van der Waals surface area (Å²) in [6.07, 6.45) is -3.22. The lowest BCUT2D eigenvalue weighted by Crippen LogP contribution is -2.41. The Morgan fingerprint density at radius 3 is 2.27 bits per heavy atom. The Balaban J connectivity index is 1.70. The monoisotopic (exact) mass is 623 g/mol. The maximum absolute atomic E-state index is 14.3. The molecule has 3 aromatic rings. The number of hydrogen-bond acceptors (Lipinski definition) is 6. The Morgan fingerprint density at radius 2 is 1.62 bits per heavy atom. The summed E-state index contributed by atoms with van der Waals surface area (Å²) in [7, 11) is 0. The number of alkyl halides is 3. The molecule has 1 heterocycles. The molecule has 1 aliphatic heterocycles. The number of unbranched alkanes of at least 4 members (excludes halogenated alkanes) is 2. The lowest BCUT2D eigenvalue weighted by molar-refractivity contribution is -0.202. The molecule has 0 saturated carbocycles. The van der Waals surface area contributed by atoms with Crippen LogP contribution in [0.25, 0.3) is 0 Å². The number of ether oxygens (including phenoxy) is 1. The number of halogens is 3. The molecule has 0 bridgehead atoms. The predicted octanol–water partition coefficient (Wildman–Crippen LogP) is 4.77. The Bertz CT molecular complexity index is 1550. The van der Waals surface area contributed by atoms with Crippen LogP contribution in [0.1, 0.15) is 53.2 Å². The normalized spacial score (nSPS) is 13.9. The number of anilines is 2. The summed E-state index contributed by atoms with van der Waals surface area (Å²) in [6, 6.07) is 20.7. The van der Waals surface area contributed by atoms with Crippen LogP contribution >= 0.6 is 0 Å². The highest BCUT2D eigenvalue weighted by Gasteiger charge is 2.43. The second kappa shape index (κ2) is 14.5. The van der Waals surface area contributed by atoms with Crippen molar-refractivity contribution in [2.24, 2.45) is 5.73 Å². The number of para-hydroxylation sites is 1. The van der Waals surface area contributed by atoms with E-state index in [1.54, 1.807) is 72.8 Å². The summed E-state index contributed by atoms with van der Waals surface area (Å²) >= 11 is 0. The number of hydrogen-bond donors (Lipinski definition) is 3. The SMILES string of the molecule is N=C(N)NCCCCCc1ccc2c(c1)C(=O)N(C(CC(=O)OC(=O)C(F)(F)F)c1ccccc1)CC(=O)N2c1ccccc1. The van der Waals surface area contributed by atoms with Gasteiger partial charge in [-0.2, -0.15) is 13.2 Å². The fourth-order valence-corrected chi connectivity index (χ4v) is 5.09. The predicted molar refractivity (Wildman–Crippen MR) is 159 cm³/mol. The van der Waals surface area contributed by atoms with Gasteiger partial charge in [0.2, 0.25) is 0 Å². The second-order valence-corrected chi connectivity index (χ2v) is 10.4. The van der Waals surface area contributed by atoms with Crippen LogP contribution in [0.15, 0.2) is 78.9 Å². The van der Waals surface area contributed by atoms with Crippen LogP contribution in [0, 0.1) is 5.41 Å². The van der Waals surface area contributed by atoms with Gasteiger partial charge in [-0.05, 0) is 54.7 Å². The molecule has 1 atom stereocenters. The highest BCUT2D eigenvalue weighted by molar-refractivity contribution is 6.13. The van der Waals surface area contributed by atoms with Crippen molar-refractivity contribution in [2.75, 3.05) is 18.0 Å². The maximum atomic E-state index is 14.3. The lowest BCUT2D eigenvalue weighted by atomic mass is 9.99. The third kappa shape index (κ3) is 8.46. The fourth-order valence-electron chi connectivity index (χ4n) is 5.09. The smallest absolute Gasteiger partial charge is 0.386 e. The Labute approximate surface area is 257 Å². The average molecular weight is 624 g/mol. The summed E-state index contributed by atoms with van der Waals surface area (Å²) in [6.45, 7) is 0.0416. The molecular formula is C32H32F3N5O5. The molecule has 236 valence electrons. The van der Waals surface area contributed by atoms with Crippen LogP contribution < -0.4 is 16.0 Å². The van der Waals surface area contributed by atoms with E-state index in [-0.39, 0.29) is 11.5 Å². The molecule has 45 heavy (non-hydrogen) atoms. The Kier molecular flexibility index (Phi) is 10.6. The second-order valence-electron chi connectivity index (χ2n) is 10.4. The first-order valence-corrected chi connectivity index (χ1v) is 14.2.